The second-order valence-electron chi connectivity index (χ2n) is 5.99. The Bertz CT molecular complexity index is 396. The summed E-state index contributed by atoms with van der Waals surface area (Å²) < 4.78 is 35.0. The number of hydrogen-bond acceptors (Lipinski definition) is 4. The van der Waals surface area contributed by atoms with Gasteiger partial charge in [0.25, 0.3) is 10.2 Å². The zero-order valence-electron chi connectivity index (χ0n) is 12.0. The predicted octanol–water partition coefficient (Wildman–Crippen LogP) is 0.0721. The second kappa shape index (κ2) is 5.65. The van der Waals surface area contributed by atoms with Crippen LogP contribution >= 0.6 is 0 Å². The van der Waals surface area contributed by atoms with Gasteiger partial charge in [0.05, 0.1) is 12.2 Å². The van der Waals surface area contributed by atoms with E-state index in [1.54, 1.807) is 0 Å². The first-order valence-electron chi connectivity index (χ1n) is 6.96. The molecule has 112 valence electrons. The predicted molar refractivity (Wildman–Crippen MR) is 74.1 cm³/mol. The van der Waals surface area contributed by atoms with Crippen LogP contribution in [0.1, 0.15) is 33.6 Å². The van der Waals surface area contributed by atoms with Gasteiger partial charge in [0.2, 0.25) is 0 Å². The van der Waals surface area contributed by atoms with Crippen LogP contribution in [0, 0.1) is 0 Å². The van der Waals surface area contributed by atoms with Crippen molar-refractivity contribution in [1.82, 2.24) is 14.3 Å². The van der Waals surface area contributed by atoms with Gasteiger partial charge in [-0.25, -0.2) is 0 Å². The van der Waals surface area contributed by atoms with Crippen molar-refractivity contribution in [3.05, 3.63) is 0 Å². The third-order valence-electron chi connectivity index (χ3n) is 3.81. The number of piperidine rings is 1. The molecule has 0 amide bonds. The van der Waals surface area contributed by atoms with Gasteiger partial charge in [0.1, 0.15) is 0 Å². The van der Waals surface area contributed by atoms with E-state index in [-0.39, 0.29) is 17.7 Å². The summed E-state index contributed by atoms with van der Waals surface area (Å²) >= 11 is 0. The Morgan fingerprint density at radius 1 is 1.21 bits per heavy atom. The van der Waals surface area contributed by atoms with E-state index in [9.17, 15) is 8.42 Å². The molecule has 0 aromatic heterocycles. The zero-order valence-corrected chi connectivity index (χ0v) is 12.8. The minimum Gasteiger partial charge on any atom is -0.373 e. The molecule has 2 rings (SSSR count). The van der Waals surface area contributed by atoms with Crippen molar-refractivity contribution >= 4 is 10.2 Å². The van der Waals surface area contributed by atoms with Crippen LogP contribution in [0.2, 0.25) is 0 Å². The fourth-order valence-corrected chi connectivity index (χ4v) is 4.55. The van der Waals surface area contributed by atoms with E-state index in [0.29, 0.717) is 13.1 Å². The fourth-order valence-electron chi connectivity index (χ4n) is 2.78. The maximum atomic E-state index is 12.5. The Kier molecular flexibility index (Phi) is 4.52. The lowest BCUT2D eigenvalue weighted by Gasteiger charge is -2.39. The molecule has 2 aliphatic rings. The average molecular weight is 291 g/mol. The minimum atomic E-state index is -3.43. The van der Waals surface area contributed by atoms with Crippen LogP contribution in [0.5, 0.6) is 0 Å². The molecule has 0 saturated carbocycles. The fraction of sp³-hybridized carbons (Fsp3) is 1.00. The van der Waals surface area contributed by atoms with E-state index in [1.807, 2.05) is 20.8 Å². The Morgan fingerprint density at radius 2 is 1.74 bits per heavy atom. The normalized spacial score (nSPS) is 33.2. The summed E-state index contributed by atoms with van der Waals surface area (Å²) in [5, 5.41) is 3.25. The molecule has 0 bridgehead atoms. The van der Waals surface area contributed by atoms with Crippen molar-refractivity contribution in [2.45, 2.75) is 51.4 Å². The van der Waals surface area contributed by atoms with Crippen molar-refractivity contribution in [3.63, 3.8) is 0 Å². The second-order valence-corrected chi connectivity index (χ2v) is 7.66. The van der Waals surface area contributed by atoms with Gasteiger partial charge in [-0.1, -0.05) is 0 Å². The molecule has 2 atom stereocenters. The smallest absolute Gasteiger partial charge is 0.280 e. The van der Waals surface area contributed by atoms with Gasteiger partial charge in [-0.3, -0.25) is 0 Å². The molecule has 2 aliphatic heterocycles. The van der Waals surface area contributed by atoms with Crippen LogP contribution in [-0.4, -0.2) is 56.6 Å². The van der Waals surface area contributed by atoms with Gasteiger partial charge in [0, 0.05) is 18.6 Å². The standard InChI is InChI=1S/C12H25N3O3S/c1-10-8-15(9-11(2)18-10)19(16,17)14-12(3)4-6-13-7-5-12/h10-11,13-14H,4-9H2,1-3H3. The summed E-state index contributed by atoms with van der Waals surface area (Å²) in [7, 11) is -3.43. The Balaban J connectivity index is 2.05. The molecule has 2 heterocycles. The molecule has 0 spiro atoms. The lowest BCUT2D eigenvalue weighted by Crippen LogP contribution is -2.59. The molecule has 0 aliphatic carbocycles. The van der Waals surface area contributed by atoms with Gasteiger partial charge in [-0.2, -0.15) is 17.4 Å². The number of nitrogens with zero attached hydrogens (tertiary/aromatic N) is 1. The van der Waals surface area contributed by atoms with Gasteiger partial charge in [-0.15, -0.1) is 0 Å². The third-order valence-corrected chi connectivity index (χ3v) is 5.54. The monoisotopic (exact) mass is 291 g/mol. The van der Waals surface area contributed by atoms with Crippen molar-refractivity contribution in [3.8, 4) is 0 Å². The number of morpholine rings is 1. The number of ether oxygens (including phenoxy) is 1. The van der Waals surface area contributed by atoms with Crippen LogP contribution < -0.4 is 10.0 Å². The van der Waals surface area contributed by atoms with Crippen molar-refractivity contribution in [1.29, 1.82) is 0 Å². The molecule has 7 heteroatoms. The molecule has 19 heavy (non-hydrogen) atoms. The minimum absolute atomic E-state index is 0.0545. The van der Waals surface area contributed by atoms with Crippen molar-refractivity contribution in [2.24, 2.45) is 0 Å². The van der Waals surface area contributed by atoms with Crippen molar-refractivity contribution in [2.75, 3.05) is 26.2 Å². The van der Waals surface area contributed by atoms with Crippen LogP contribution in [-0.2, 0) is 14.9 Å². The Labute approximate surface area is 116 Å². The summed E-state index contributed by atoms with van der Waals surface area (Å²) in [6.07, 6.45) is 1.53. The molecule has 2 unspecified atom stereocenters. The highest BCUT2D eigenvalue weighted by atomic mass is 32.2. The van der Waals surface area contributed by atoms with E-state index in [1.165, 1.54) is 4.31 Å². The number of rotatable bonds is 3. The first-order valence-corrected chi connectivity index (χ1v) is 8.40. The molecular formula is C12H25N3O3S. The number of hydrogen-bond donors (Lipinski definition) is 2. The molecule has 0 aromatic carbocycles. The summed E-state index contributed by atoms with van der Waals surface area (Å²) in [4.78, 5) is 0. The Morgan fingerprint density at radius 3 is 2.26 bits per heavy atom. The summed E-state index contributed by atoms with van der Waals surface area (Å²) in [6, 6.07) is 0. The number of nitrogens with one attached hydrogen (secondary N) is 2. The Hall–Kier alpha value is -0.210. The highest BCUT2D eigenvalue weighted by Gasteiger charge is 2.37. The molecule has 0 radical (unpaired) electrons. The maximum Gasteiger partial charge on any atom is 0.280 e. The summed E-state index contributed by atoms with van der Waals surface area (Å²) in [5.41, 5.74) is -0.338. The summed E-state index contributed by atoms with van der Waals surface area (Å²) in [5.74, 6) is 0. The zero-order chi connectivity index (χ0) is 14.1. The average Bonchev–Trinajstić information content (AvgIpc) is 2.27. The molecule has 6 nitrogen and oxygen atoms in total. The summed E-state index contributed by atoms with van der Waals surface area (Å²) in [6.45, 7) is 8.36. The molecular weight excluding hydrogens is 266 g/mol. The first-order chi connectivity index (χ1) is 8.81. The van der Waals surface area contributed by atoms with Gasteiger partial charge in [-0.05, 0) is 46.7 Å². The van der Waals surface area contributed by atoms with Crippen LogP contribution in [0.3, 0.4) is 0 Å². The SMILES string of the molecule is CC1CN(S(=O)(=O)NC2(C)CCNCC2)CC(C)O1. The quantitative estimate of drug-likeness (QED) is 0.772. The lowest BCUT2D eigenvalue weighted by atomic mass is 9.92. The largest absolute Gasteiger partial charge is 0.373 e. The lowest BCUT2D eigenvalue weighted by molar-refractivity contribution is -0.0446. The first kappa shape index (κ1) is 15.2. The highest BCUT2D eigenvalue weighted by molar-refractivity contribution is 7.87. The molecule has 2 saturated heterocycles. The van der Waals surface area contributed by atoms with Gasteiger partial charge >= 0.3 is 0 Å². The third kappa shape index (κ3) is 3.88. The van der Waals surface area contributed by atoms with E-state index >= 15 is 0 Å². The van der Waals surface area contributed by atoms with E-state index in [4.69, 9.17) is 4.74 Å². The van der Waals surface area contributed by atoms with E-state index in [0.717, 1.165) is 25.9 Å². The topological polar surface area (TPSA) is 70.7 Å². The van der Waals surface area contributed by atoms with E-state index in [2.05, 4.69) is 10.0 Å². The maximum absolute atomic E-state index is 12.5. The van der Waals surface area contributed by atoms with E-state index < -0.39 is 10.2 Å². The van der Waals surface area contributed by atoms with Crippen LogP contribution in [0.4, 0.5) is 0 Å². The highest BCUT2D eigenvalue weighted by Crippen LogP contribution is 2.21. The van der Waals surface area contributed by atoms with Crippen LogP contribution in [0.15, 0.2) is 0 Å². The van der Waals surface area contributed by atoms with Crippen molar-refractivity contribution < 1.29 is 13.2 Å². The molecule has 2 N–H and O–H groups in total. The van der Waals surface area contributed by atoms with Gasteiger partial charge < -0.3 is 10.1 Å². The van der Waals surface area contributed by atoms with Gasteiger partial charge in [0.15, 0.2) is 0 Å². The van der Waals surface area contributed by atoms with Crippen LogP contribution in [0.25, 0.3) is 0 Å². The molecule has 2 fully saturated rings. The molecule has 0 aromatic rings.